The summed E-state index contributed by atoms with van der Waals surface area (Å²) in [6.07, 6.45) is -0.274. The van der Waals surface area contributed by atoms with E-state index in [0.717, 1.165) is 6.07 Å². The van der Waals surface area contributed by atoms with E-state index in [1.807, 2.05) is 0 Å². The fourth-order valence-electron chi connectivity index (χ4n) is 1.77. The Morgan fingerprint density at radius 1 is 1.10 bits per heavy atom. The van der Waals surface area contributed by atoms with Crippen LogP contribution in [0, 0.1) is 11.6 Å². The van der Waals surface area contributed by atoms with E-state index in [2.05, 4.69) is 5.32 Å². The van der Waals surface area contributed by atoms with Gasteiger partial charge in [0.05, 0.1) is 12.0 Å². The summed E-state index contributed by atoms with van der Waals surface area (Å²) in [7, 11) is 0. The standard InChI is InChI=1S/C15H11F2NO3/c16-11-5-4-9(13(17)8-11)7-14(19)18-12-3-1-2-10(6-12)15(20)21/h1-6,8H,7H2,(H,18,19)(H,20,21). The number of rotatable bonds is 4. The van der Waals surface area contributed by atoms with Crippen LogP contribution in [0.15, 0.2) is 42.5 Å². The van der Waals surface area contributed by atoms with Gasteiger partial charge in [0.25, 0.3) is 0 Å². The molecule has 4 nitrogen and oxygen atoms in total. The van der Waals surface area contributed by atoms with E-state index in [9.17, 15) is 18.4 Å². The van der Waals surface area contributed by atoms with Gasteiger partial charge in [-0.05, 0) is 29.8 Å². The fraction of sp³-hybridized carbons (Fsp3) is 0.0667. The second-order valence-electron chi connectivity index (χ2n) is 4.35. The third kappa shape index (κ3) is 3.85. The van der Waals surface area contributed by atoms with E-state index in [-0.39, 0.29) is 17.5 Å². The Balaban J connectivity index is 2.08. The predicted octanol–water partition coefficient (Wildman–Crippen LogP) is 2.84. The van der Waals surface area contributed by atoms with Crippen LogP contribution in [0.5, 0.6) is 0 Å². The maximum absolute atomic E-state index is 13.4. The largest absolute Gasteiger partial charge is 0.478 e. The van der Waals surface area contributed by atoms with Gasteiger partial charge in [0.1, 0.15) is 11.6 Å². The molecule has 2 aromatic rings. The highest BCUT2D eigenvalue weighted by Crippen LogP contribution is 2.13. The summed E-state index contributed by atoms with van der Waals surface area (Å²) < 4.78 is 26.2. The van der Waals surface area contributed by atoms with Crippen LogP contribution in [0.2, 0.25) is 0 Å². The van der Waals surface area contributed by atoms with Crippen molar-refractivity contribution in [2.75, 3.05) is 5.32 Å². The number of carbonyl (C=O) groups is 2. The summed E-state index contributed by atoms with van der Waals surface area (Å²) >= 11 is 0. The molecule has 0 atom stereocenters. The Morgan fingerprint density at radius 3 is 2.52 bits per heavy atom. The molecule has 0 aliphatic rings. The lowest BCUT2D eigenvalue weighted by Gasteiger charge is -2.07. The summed E-state index contributed by atoms with van der Waals surface area (Å²) in [5, 5.41) is 11.3. The lowest BCUT2D eigenvalue weighted by Crippen LogP contribution is -2.15. The molecular weight excluding hydrogens is 280 g/mol. The normalized spacial score (nSPS) is 10.2. The van der Waals surface area contributed by atoms with Crippen LogP contribution >= 0.6 is 0 Å². The Hall–Kier alpha value is -2.76. The van der Waals surface area contributed by atoms with Gasteiger partial charge in [0, 0.05) is 11.8 Å². The molecule has 0 spiro atoms. The Labute approximate surface area is 119 Å². The van der Waals surface area contributed by atoms with Crippen molar-refractivity contribution in [1.82, 2.24) is 0 Å². The zero-order chi connectivity index (χ0) is 15.4. The molecule has 2 rings (SSSR count). The molecule has 0 aliphatic carbocycles. The molecule has 6 heteroatoms. The average Bonchev–Trinajstić information content (AvgIpc) is 2.42. The van der Waals surface area contributed by atoms with Gasteiger partial charge in [-0.25, -0.2) is 13.6 Å². The number of anilines is 1. The molecular formula is C15H11F2NO3. The van der Waals surface area contributed by atoms with Crippen molar-refractivity contribution in [3.8, 4) is 0 Å². The van der Waals surface area contributed by atoms with Gasteiger partial charge in [0.15, 0.2) is 0 Å². The van der Waals surface area contributed by atoms with E-state index >= 15 is 0 Å². The lowest BCUT2D eigenvalue weighted by molar-refractivity contribution is -0.115. The highest BCUT2D eigenvalue weighted by atomic mass is 19.1. The molecule has 0 bridgehead atoms. The predicted molar refractivity (Wildman–Crippen MR) is 72.1 cm³/mol. The minimum Gasteiger partial charge on any atom is -0.478 e. The number of benzene rings is 2. The monoisotopic (exact) mass is 291 g/mol. The average molecular weight is 291 g/mol. The molecule has 2 N–H and O–H groups in total. The maximum Gasteiger partial charge on any atom is 0.335 e. The van der Waals surface area contributed by atoms with Gasteiger partial charge >= 0.3 is 5.97 Å². The number of carboxylic acid groups (broad SMARTS) is 1. The first-order chi connectivity index (χ1) is 9.95. The maximum atomic E-state index is 13.4. The lowest BCUT2D eigenvalue weighted by atomic mass is 10.1. The number of amides is 1. The second-order valence-corrected chi connectivity index (χ2v) is 4.35. The number of carbonyl (C=O) groups excluding carboxylic acids is 1. The summed E-state index contributed by atoms with van der Waals surface area (Å²) in [4.78, 5) is 22.6. The van der Waals surface area contributed by atoms with Crippen LogP contribution in [0.1, 0.15) is 15.9 Å². The molecule has 0 saturated carbocycles. The zero-order valence-electron chi connectivity index (χ0n) is 10.8. The van der Waals surface area contributed by atoms with E-state index in [1.165, 1.54) is 30.3 Å². The fourth-order valence-corrected chi connectivity index (χ4v) is 1.77. The van der Waals surface area contributed by atoms with Gasteiger partial charge in [-0.15, -0.1) is 0 Å². The molecule has 1 amide bonds. The number of aromatic carboxylic acids is 1. The molecule has 2 aromatic carbocycles. The van der Waals surface area contributed by atoms with Crippen LogP contribution in [0.25, 0.3) is 0 Å². The molecule has 0 fully saturated rings. The summed E-state index contributed by atoms with van der Waals surface area (Å²) in [6, 6.07) is 8.64. The first-order valence-electron chi connectivity index (χ1n) is 6.03. The minimum atomic E-state index is -1.12. The molecule has 0 aromatic heterocycles. The third-order valence-electron chi connectivity index (χ3n) is 2.76. The van der Waals surface area contributed by atoms with Crippen molar-refractivity contribution < 1.29 is 23.5 Å². The number of carboxylic acids is 1. The number of hydrogen-bond acceptors (Lipinski definition) is 2. The molecule has 0 unspecified atom stereocenters. The first-order valence-corrected chi connectivity index (χ1v) is 6.03. The van der Waals surface area contributed by atoms with Gasteiger partial charge in [-0.1, -0.05) is 12.1 Å². The van der Waals surface area contributed by atoms with Crippen LogP contribution in [0.3, 0.4) is 0 Å². The molecule has 0 aliphatic heterocycles. The summed E-state index contributed by atoms with van der Waals surface area (Å²) in [5.41, 5.74) is 0.381. The number of nitrogens with one attached hydrogen (secondary N) is 1. The smallest absolute Gasteiger partial charge is 0.335 e. The van der Waals surface area contributed by atoms with E-state index in [0.29, 0.717) is 11.8 Å². The SMILES string of the molecule is O=C(Cc1ccc(F)cc1F)Nc1cccc(C(=O)O)c1. The van der Waals surface area contributed by atoms with Crippen molar-refractivity contribution in [1.29, 1.82) is 0 Å². The van der Waals surface area contributed by atoms with E-state index in [4.69, 9.17) is 5.11 Å². The van der Waals surface area contributed by atoms with Gasteiger partial charge in [-0.3, -0.25) is 4.79 Å². The highest BCUT2D eigenvalue weighted by Gasteiger charge is 2.10. The number of hydrogen-bond donors (Lipinski definition) is 2. The third-order valence-corrected chi connectivity index (χ3v) is 2.76. The number of halogens is 2. The van der Waals surface area contributed by atoms with Gasteiger partial charge in [-0.2, -0.15) is 0 Å². The van der Waals surface area contributed by atoms with Crippen LogP contribution in [-0.4, -0.2) is 17.0 Å². The Kier molecular flexibility index (Phi) is 4.27. The van der Waals surface area contributed by atoms with Gasteiger partial charge < -0.3 is 10.4 Å². The van der Waals surface area contributed by atoms with Crippen molar-refractivity contribution >= 4 is 17.6 Å². The van der Waals surface area contributed by atoms with Crippen molar-refractivity contribution in [2.45, 2.75) is 6.42 Å². The minimum absolute atomic E-state index is 0.0285. The van der Waals surface area contributed by atoms with E-state index in [1.54, 1.807) is 0 Å². The van der Waals surface area contributed by atoms with E-state index < -0.39 is 23.5 Å². The van der Waals surface area contributed by atoms with Crippen molar-refractivity contribution in [3.05, 3.63) is 65.2 Å². The van der Waals surface area contributed by atoms with Crippen LogP contribution in [-0.2, 0) is 11.2 Å². The molecule has 0 heterocycles. The van der Waals surface area contributed by atoms with Crippen LogP contribution < -0.4 is 5.32 Å². The Bertz CT molecular complexity index is 701. The first kappa shape index (κ1) is 14.6. The van der Waals surface area contributed by atoms with Crippen LogP contribution in [0.4, 0.5) is 14.5 Å². The molecule has 0 radical (unpaired) electrons. The molecule has 108 valence electrons. The molecule has 21 heavy (non-hydrogen) atoms. The second kappa shape index (κ2) is 6.13. The van der Waals surface area contributed by atoms with Crippen molar-refractivity contribution in [2.24, 2.45) is 0 Å². The highest BCUT2D eigenvalue weighted by molar-refractivity contribution is 5.94. The summed E-state index contributed by atoms with van der Waals surface area (Å²) in [6.45, 7) is 0. The molecule has 0 saturated heterocycles. The quantitative estimate of drug-likeness (QED) is 0.910. The zero-order valence-corrected chi connectivity index (χ0v) is 10.8. The Morgan fingerprint density at radius 2 is 1.86 bits per heavy atom. The summed E-state index contributed by atoms with van der Waals surface area (Å²) in [5.74, 6) is -3.16. The van der Waals surface area contributed by atoms with Gasteiger partial charge in [0.2, 0.25) is 5.91 Å². The topological polar surface area (TPSA) is 66.4 Å². The van der Waals surface area contributed by atoms with Crippen molar-refractivity contribution in [3.63, 3.8) is 0 Å².